The first-order valence-electron chi connectivity index (χ1n) is 8.07. The molecule has 1 saturated heterocycles. The van der Waals surface area contributed by atoms with E-state index in [2.05, 4.69) is 10.1 Å². The minimum absolute atomic E-state index is 0.0906. The highest BCUT2D eigenvalue weighted by Crippen LogP contribution is 2.30. The highest BCUT2D eigenvalue weighted by Gasteiger charge is 2.44. The Bertz CT molecular complexity index is 751. The Morgan fingerprint density at radius 1 is 1.32 bits per heavy atom. The Balaban J connectivity index is 1.62. The molecule has 1 fully saturated rings. The van der Waals surface area contributed by atoms with Gasteiger partial charge in [-0.2, -0.15) is 5.10 Å². The van der Waals surface area contributed by atoms with E-state index in [1.165, 1.54) is 4.68 Å². The molecular weight excluding hydrogens is 324 g/mol. The van der Waals surface area contributed by atoms with Crippen molar-refractivity contribution >= 4 is 11.9 Å². The van der Waals surface area contributed by atoms with Gasteiger partial charge in [0.25, 0.3) is 5.91 Å². The highest BCUT2D eigenvalue weighted by molar-refractivity contribution is 5.80. The molecule has 0 saturated carbocycles. The van der Waals surface area contributed by atoms with E-state index >= 15 is 0 Å². The summed E-state index contributed by atoms with van der Waals surface area (Å²) in [7, 11) is 0. The zero-order valence-corrected chi connectivity index (χ0v) is 14.0. The molecule has 2 aromatic heterocycles. The summed E-state index contributed by atoms with van der Waals surface area (Å²) in [6.07, 6.45) is 7.16. The van der Waals surface area contributed by atoms with Gasteiger partial charge >= 0.3 is 5.97 Å². The summed E-state index contributed by atoms with van der Waals surface area (Å²) in [5.74, 6) is -0.562. The molecular formula is C17H20N4O4. The van der Waals surface area contributed by atoms with Gasteiger partial charge in [-0.25, -0.2) is 4.79 Å². The molecule has 3 rings (SSSR count). The number of rotatable bonds is 5. The van der Waals surface area contributed by atoms with Crippen molar-refractivity contribution in [1.82, 2.24) is 19.7 Å². The third-order valence-electron chi connectivity index (χ3n) is 4.49. The van der Waals surface area contributed by atoms with Crippen LogP contribution >= 0.6 is 0 Å². The first-order valence-corrected chi connectivity index (χ1v) is 8.07. The summed E-state index contributed by atoms with van der Waals surface area (Å²) in [6, 6.07) is 3.46. The van der Waals surface area contributed by atoms with Crippen molar-refractivity contribution in [3.8, 4) is 5.75 Å². The molecule has 0 atom stereocenters. The Morgan fingerprint density at radius 2 is 2.08 bits per heavy atom. The van der Waals surface area contributed by atoms with Crippen LogP contribution < -0.4 is 4.74 Å². The number of amides is 1. The molecule has 2 aromatic rings. The van der Waals surface area contributed by atoms with Crippen LogP contribution in [-0.4, -0.2) is 56.3 Å². The molecule has 0 aliphatic carbocycles. The Kier molecular flexibility index (Phi) is 4.69. The second-order valence-corrected chi connectivity index (χ2v) is 6.16. The molecule has 0 aromatic carbocycles. The van der Waals surface area contributed by atoms with Gasteiger partial charge in [-0.15, -0.1) is 0 Å². The molecule has 132 valence electrons. The van der Waals surface area contributed by atoms with Crippen LogP contribution in [0, 0.1) is 6.92 Å². The van der Waals surface area contributed by atoms with Gasteiger partial charge in [0.1, 0.15) is 5.75 Å². The topological polar surface area (TPSA) is 97.6 Å². The van der Waals surface area contributed by atoms with Crippen molar-refractivity contribution in [3.63, 3.8) is 0 Å². The summed E-state index contributed by atoms with van der Waals surface area (Å²) in [5, 5.41) is 13.9. The molecule has 0 radical (unpaired) electrons. The van der Waals surface area contributed by atoms with E-state index in [0.29, 0.717) is 31.7 Å². The van der Waals surface area contributed by atoms with Gasteiger partial charge in [-0.3, -0.25) is 14.5 Å². The fourth-order valence-corrected chi connectivity index (χ4v) is 2.98. The van der Waals surface area contributed by atoms with Crippen molar-refractivity contribution in [2.45, 2.75) is 25.3 Å². The molecule has 8 heteroatoms. The van der Waals surface area contributed by atoms with Crippen molar-refractivity contribution in [2.24, 2.45) is 0 Å². The third-order valence-corrected chi connectivity index (χ3v) is 4.49. The summed E-state index contributed by atoms with van der Waals surface area (Å²) in [6.45, 7) is 2.47. The minimum atomic E-state index is -1.10. The standard InChI is InChI=1S/C17H20N4O4/c1-13-9-19-21(11-13)17(16(23)24)4-7-20(8-5-17)15(22)12-25-14-3-2-6-18-10-14/h2-3,6,9-11H,4-5,7-8,12H2,1H3,(H,23,24). The second kappa shape index (κ2) is 6.92. The monoisotopic (exact) mass is 344 g/mol. The summed E-state index contributed by atoms with van der Waals surface area (Å²) >= 11 is 0. The van der Waals surface area contributed by atoms with Crippen LogP contribution in [0.3, 0.4) is 0 Å². The van der Waals surface area contributed by atoms with Gasteiger partial charge in [0.15, 0.2) is 12.1 Å². The number of hydrogen-bond donors (Lipinski definition) is 1. The van der Waals surface area contributed by atoms with Crippen molar-refractivity contribution < 1.29 is 19.4 Å². The fourth-order valence-electron chi connectivity index (χ4n) is 2.98. The number of carbonyl (C=O) groups excluding carboxylic acids is 1. The van der Waals surface area contributed by atoms with Crippen LogP contribution in [0.5, 0.6) is 5.75 Å². The average Bonchev–Trinajstić information content (AvgIpc) is 3.07. The van der Waals surface area contributed by atoms with Gasteiger partial charge in [0.05, 0.1) is 12.4 Å². The van der Waals surface area contributed by atoms with E-state index in [4.69, 9.17) is 4.74 Å². The molecule has 0 bridgehead atoms. The average molecular weight is 344 g/mol. The van der Waals surface area contributed by atoms with E-state index in [9.17, 15) is 14.7 Å². The summed E-state index contributed by atoms with van der Waals surface area (Å²) in [5.41, 5.74) is -0.195. The zero-order valence-electron chi connectivity index (χ0n) is 14.0. The second-order valence-electron chi connectivity index (χ2n) is 6.16. The Hall–Kier alpha value is -2.90. The lowest BCUT2D eigenvalue weighted by molar-refractivity contribution is -0.153. The van der Waals surface area contributed by atoms with E-state index in [1.807, 2.05) is 6.92 Å². The largest absolute Gasteiger partial charge is 0.482 e. The maximum atomic E-state index is 12.3. The first kappa shape index (κ1) is 16.9. The van der Waals surface area contributed by atoms with Gasteiger partial charge in [-0.05, 0) is 24.6 Å². The molecule has 3 heterocycles. The van der Waals surface area contributed by atoms with Crippen molar-refractivity contribution in [1.29, 1.82) is 0 Å². The quantitative estimate of drug-likeness (QED) is 0.871. The summed E-state index contributed by atoms with van der Waals surface area (Å²) < 4.78 is 6.93. The Labute approximate surface area is 145 Å². The number of pyridine rings is 1. The number of aliphatic carboxylic acids is 1. The normalized spacial score (nSPS) is 16.4. The lowest BCUT2D eigenvalue weighted by Gasteiger charge is -2.38. The number of nitrogens with zero attached hydrogens (tertiary/aromatic N) is 4. The van der Waals surface area contributed by atoms with Crippen LogP contribution in [0.4, 0.5) is 0 Å². The maximum Gasteiger partial charge on any atom is 0.331 e. The van der Waals surface area contributed by atoms with Crippen LogP contribution in [0.25, 0.3) is 0 Å². The van der Waals surface area contributed by atoms with Crippen molar-refractivity contribution in [3.05, 3.63) is 42.5 Å². The molecule has 25 heavy (non-hydrogen) atoms. The predicted octanol–water partition coefficient (Wildman–Crippen LogP) is 1.07. The lowest BCUT2D eigenvalue weighted by atomic mass is 9.87. The number of piperidine rings is 1. The van der Waals surface area contributed by atoms with E-state index in [1.54, 1.807) is 41.8 Å². The molecule has 0 unspecified atom stereocenters. The van der Waals surface area contributed by atoms with Crippen LogP contribution in [0.2, 0.25) is 0 Å². The summed E-state index contributed by atoms with van der Waals surface area (Å²) in [4.78, 5) is 29.7. The predicted molar refractivity (Wildman–Crippen MR) is 88.1 cm³/mol. The maximum absolute atomic E-state index is 12.3. The third kappa shape index (κ3) is 3.47. The number of carboxylic acid groups (broad SMARTS) is 1. The molecule has 1 aliphatic heterocycles. The molecule has 0 spiro atoms. The number of ether oxygens (including phenoxy) is 1. The SMILES string of the molecule is Cc1cnn(C2(C(=O)O)CCN(C(=O)COc3cccnc3)CC2)c1. The van der Waals surface area contributed by atoms with Gasteiger partial charge in [0, 0.05) is 38.3 Å². The number of carbonyl (C=O) groups is 2. The number of aromatic nitrogens is 3. The number of likely N-dealkylation sites (tertiary alicyclic amines) is 1. The molecule has 1 N–H and O–H groups in total. The van der Waals surface area contributed by atoms with E-state index < -0.39 is 11.5 Å². The van der Waals surface area contributed by atoms with Crippen molar-refractivity contribution in [2.75, 3.05) is 19.7 Å². The molecule has 8 nitrogen and oxygen atoms in total. The highest BCUT2D eigenvalue weighted by atomic mass is 16.5. The zero-order chi connectivity index (χ0) is 17.9. The van der Waals surface area contributed by atoms with E-state index in [-0.39, 0.29) is 12.5 Å². The van der Waals surface area contributed by atoms with E-state index in [0.717, 1.165) is 5.56 Å². The minimum Gasteiger partial charge on any atom is -0.482 e. The lowest BCUT2D eigenvalue weighted by Crippen LogP contribution is -2.53. The smallest absolute Gasteiger partial charge is 0.331 e. The molecule has 1 aliphatic rings. The van der Waals surface area contributed by atoms with Crippen LogP contribution in [0.15, 0.2) is 36.9 Å². The fraction of sp³-hybridized carbons (Fsp3) is 0.412. The molecule has 1 amide bonds. The van der Waals surface area contributed by atoms with Gasteiger partial charge in [0.2, 0.25) is 0 Å². The first-order chi connectivity index (χ1) is 12.0. The number of aryl methyl sites for hydroxylation is 1. The van der Waals surface area contributed by atoms with Crippen LogP contribution in [0.1, 0.15) is 18.4 Å². The number of carboxylic acids is 1. The number of hydrogen-bond acceptors (Lipinski definition) is 5. The van der Waals surface area contributed by atoms with Crippen LogP contribution in [-0.2, 0) is 15.1 Å². The van der Waals surface area contributed by atoms with Gasteiger partial charge in [-0.1, -0.05) is 0 Å². The Morgan fingerprint density at radius 3 is 2.64 bits per heavy atom. The van der Waals surface area contributed by atoms with Gasteiger partial charge < -0.3 is 14.7 Å².